The third-order valence-electron chi connectivity index (χ3n) is 3.09. The van der Waals surface area contributed by atoms with Crippen LogP contribution in [0.25, 0.3) is 0 Å². The maximum absolute atomic E-state index is 12.0. The first-order chi connectivity index (χ1) is 7.63. The molecule has 1 heterocycles. The van der Waals surface area contributed by atoms with E-state index < -0.39 is 10.9 Å². The molecular formula is C13H22O3S. The number of esters is 1. The minimum atomic E-state index is -0.894. The molecular weight excluding hydrogens is 236 g/mol. The van der Waals surface area contributed by atoms with Crippen molar-refractivity contribution in [2.24, 2.45) is 5.41 Å². The highest BCUT2D eigenvalue weighted by molar-refractivity contribution is 8.02. The summed E-state index contributed by atoms with van der Waals surface area (Å²) in [5.74, 6) is -0.323. The van der Waals surface area contributed by atoms with E-state index in [-0.39, 0.29) is 16.8 Å². The highest BCUT2D eigenvalue weighted by Crippen LogP contribution is 2.48. The number of hydrogen-bond acceptors (Lipinski definition) is 4. The van der Waals surface area contributed by atoms with E-state index in [0.717, 1.165) is 5.57 Å². The maximum Gasteiger partial charge on any atom is 0.326 e. The number of carbonyl (C=O) groups excluding carboxylic acids is 1. The van der Waals surface area contributed by atoms with Crippen LogP contribution in [0.5, 0.6) is 0 Å². The van der Waals surface area contributed by atoms with Crippen LogP contribution in [0.4, 0.5) is 0 Å². The summed E-state index contributed by atoms with van der Waals surface area (Å²) >= 11 is 1.42. The molecule has 1 N–H and O–H groups in total. The molecule has 0 amide bonds. The molecule has 98 valence electrons. The third kappa shape index (κ3) is 2.68. The second kappa shape index (κ2) is 4.65. The lowest BCUT2D eigenvalue weighted by atomic mass is 9.97. The van der Waals surface area contributed by atoms with Crippen molar-refractivity contribution in [1.29, 1.82) is 0 Å². The molecule has 0 spiro atoms. The van der Waals surface area contributed by atoms with Gasteiger partial charge < -0.3 is 9.84 Å². The van der Waals surface area contributed by atoms with Crippen molar-refractivity contribution in [1.82, 2.24) is 0 Å². The Balaban J connectivity index is 2.96. The van der Waals surface area contributed by atoms with Crippen molar-refractivity contribution >= 4 is 17.7 Å². The van der Waals surface area contributed by atoms with Crippen molar-refractivity contribution in [3.8, 4) is 0 Å². The van der Waals surface area contributed by atoms with Crippen LogP contribution in [0.3, 0.4) is 0 Å². The van der Waals surface area contributed by atoms with Crippen molar-refractivity contribution in [3.63, 3.8) is 0 Å². The summed E-state index contributed by atoms with van der Waals surface area (Å²) in [7, 11) is 0. The third-order valence-corrected chi connectivity index (χ3v) is 4.98. The number of allylic oxidation sites excluding steroid dienone is 1. The zero-order valence-corrected chi connectivity index (χ0v) is 12.2. The molecule has 1 fully saturated rings. The van der Waals surface area contributed by atoms with Gasteiger partial charge in [0.15, 0.2) is 5.44 Å². The van der Waals surface area contributed by atoms with E-state index in [4.69, 9.17) is 4.74 Å². The normalized spacial score (nSPS) is 32.5. The highest BCUT2D eigenvalue weighted by atomic mass is 32.2. The minimum absolute atomic E-state index is 0.123. The number of hydrogen-bond donors (Lipinski definition) is 1. The number of carbonyl (C=O) groups is 1. The molecule has 1 aliphatic heterocycles. The Bertz CT molecular complexity index is 343. The van der Waals surface area contributed by atoms with Crippen LogP contribution >= 0.6 is 11.8 Å². The predicted molar refractivity (Wildman–Crippen MR) is 70.8 cm³/mol. The number of ether oxygens (including phenoxy) is 1. The molecule has 1 aliphatic rings. The molecule has 1 saturated heterocycles. The second-order valence-electron chi connectivity index (χ2n) is 5.76. The number of thioether (sulfide) groups is 1. The molecule has 0 aromatic carbocycles. The van der Waals surface area contributed by atoms with Crippen molar-refractivity contribution < 1.29 is 14.6 Å². The van der Waals surface area contributed by atoms with Crippen LogP contribution in [-0.2, 0) is 9.53 Å². The zero-order valence-electron chi connectivity index (χ0n) is 11.4. The monoisotopic (exact) mass is 258 g/mol. The van der Waals surface area contributed by atoms with Gasteiger partial charge in [0.2, 0.25) is 0 Å². The first-order valence-electron chi connectivity index (χ1n) is 5.82. The molecule has 3 atom stereocenters. The minimum Gasteiger partial charge on any atom is -0.450 e. The fourth-order valence-electron chi connectivity index (χ4n) is 1.63. The van der Waals surface area contributed by atoms with E-state index in [1.54, 1.807) is 6.92 Å². The molecule has 0 saturated carbocycles. The van der Waals surface area contributed by atoms with Crippen molar-refractivity contribution in [3.05, 3.63) is 11.6 Å². The SMILES string of the molecule is C/C=C(\C)[C@@H](O)[C@@]1(C)S[C@H](C(C)(C)C)OC1=O. The van der Waals surface area contributed by atoms with Gasteiger partial charge in [-0.05, 0) is 26.3 Å². The average molecular weight is 258 g/mol. The summed E-state index contributed by atoms with van der Waals surface area (Å²) in [5, 5.41) is 10.2. The lowest BCUT2D eigenvalue weighted by Crippen LogP contribution is -2.41. The van der Waals surface area contributed by atoms with Gasteiger partial charge in [-0.15, -0.1) is 0 Å². The Morgan fingerprint density at radius 3 is 2.47 bits per heavy atom. The smallest absolute Gasteiger partial charge is 0.326 e. The van der Waals surface area contributed by atoms with Gasteiger partial charge >= 0.3 is 5.97 Å². The Morgan fingerprint density at radius 2 is 2.12 bits per heavy atom. The Kier molecular flexibility index (Phi) is 3.99. The Morgan fingerprint density at radius 1 is 1.59 bits per heavy atom. The van der Waals surface area contributed by atoms with Gasteiger partial charge in [0.1, 0.15) is 4.75 Å². The van der Waals surface area contributed by atoms with Gasteiger partial charge in [0.05, 0.1) is 6.10 Å². The Hall–Kier alpha value is -0.480. The average Bonchev–Trinajstić information content (AvgIpc) is 2.54. The van der Waals surface area contributed by atoms with Gasteiger partial charge in [-0.2, -0.15) is 0 Å². The fraction of sp³-hybridized carbons (Fsp3) is 0.769. The summed E-state index contributed by atoms with van der Waals surface area (Å²) in [4.78, 5) is 12.0. The second-order valence-corrected chi connectivity index (χ2v) is 7.28. The zero-order chi connectivity index (χ0) is 13.4. The summed E-state index contributed by atoms with van der Waals surface area (Å²) in [6, 6.07) is 0. The summed E-state index contributed by atoms with van der Waals surface area (Å²) in [6.45, 7) is 11.5. The molecule has 0 bridgehead atoms. The molecule has 1 rings (SSSR count). The highest BCUT2D eigenvalue weighted by Gasteiger charge is 2.54. The number of cyclic esters (lactones) is 1. The van der Waals surface area contributed by atoms with Crippen LogP contribution < -0.4 is 0 Å². The topological polar surface area (TPSA) is 46.5 Å². The van der Waals surface area contributed by atoms with Gasteiger partial charge in [0, 0.05) is 5.41 Å². The van der Waals surface area contributed by atoms with Crippen LogP contribution in [0.1, 0.15) is 41.5 Å². The Labute approximate surface area is 108 Å². The first-order valence-corrected chi connectivity index (χ1v) is 6.70. The number of aliphatic hydroxyl groups is 1. The summed E-state index contributed by atoms with van der Waals surface area (Å²) in [6.07, 6.45) is 1.03. The molecule has 17 heavy (non-hydrogen) atoms. The maximum atomic E-state index is 12.0. The summed E-state index contributed by atoms with van der Waals surface area (Å²) in [5.41, 5.74) is 0.465. The van der Waals surface area contributed by atoms with Crippen molar-refractivity contribution in [2.75, 3.05) is 0 Å². The lowest BCUT2D eigenvalue weighted by Gasteiger charge is -2.28. The van der Waals surface area contributed by atoms with E-state index in [9.17, 15) is 9.90 Å². The van der Waals surface area contributed by atoms with Gasteiger partial charge in [-0.25, -0.2) is 0 Å². The van der Waals surface area contributed by atoms with Gasteiger partial charge in [-0.3, -0.25) is 4.79 Å². The number of rotatable bonds is 2. The van der Waals surface area contributed by atoms with Crippen molar-refractivity contribution in [2.45, 2.75) is 57.8 Å². The molecule has 4 heteroatoms. The fourth-order valence-corrected chi connectivity index (χ4v) is 3.02. The predicted octanol–water partition coefficient (Wildman–Crippen LogP) is 2.73. The van der Waals surface area contributed by atoms with Gasteiger partial charge in [-0.1, -0.05) is 38.6 Å². The van der Waals surface area contributed by atoms with E-state index in [0.29, 0.717) is 0 Å². The van der Waals surface area contributed by atoms with Crippen LogP contribution in [0.15, 0.2) is 11.6 Å². The first kappa shape index (κ1) is 14.6. The van der Waals surface area contributed by atoms with E-state index >= 15 is 0 Å². The van der Waals surface area contributed by atoms with Crippen LogP contribution in [0, 0.1) is 5.41 Å². The molecule has 0 aromatic rings. The standard InChI is InChI=1S/C13H22O3S/c1-7-8(2)9(14)13(6)10(15)16-11(17-13)12(3,4)5/h7,9,11,14H,1-6H3/b8-7+/t9-,11-,13-/m1/s1. The molecule has 0 radical (unpaired) electrons. The van der Waals surface area contributed by atoms with Gasteiger partial charge in [0.25, 0.3) is 0 Å². The van der Waals surface area contributed by atoms with Crippen LogP contribution in [-0.4, -0.2) is 27.4 Å². The lowest BCUT2D eigenvalue weighted by molar-refractivity contribution is -0.150. The largest absolute Gasteiger partial charge is 0.450 e. The quantitative estimate of drug-likeness (QED) is 0.611. The molecule has 3 nitrogen and oxygen atoms in total. The van der Waals surface area contributed by atoms with E-state index in [2.05, 4.69) is 0 Å². The molecule has 0 unspecified atom stereocenters. The number of aliphatic hydroxyl groups excluding tert-OH is 1. The molecule has 0 aromatic heterocycles. The summed E-state index contributed by atoms with van der Waals surface area (Å²) < 4.78 is 4.50. The van der Waals surface area contributed by atoms with Crippen LogP contribution in [0.2, 0.25) is 0 Å². The van der Waals surface area contributed by atoms with E-state index in [1.165, 1.54) is 11.8 Å². The molecule has 0 aliphatic carbocycles. The van der Waals surface area contributed by atoms with E-state index in [1.807, 2.05) is 40.7 Å².